The third kappa shape index (κ3) is 4.41. The summed E-state index contributed by atoms with van der Waals surface area (Å²) in [4.78, 5) is 34.6. The number of amides is 2. The molecule has 2 amide bonds. The van der Waals surface area contributed by atoms with Crippen molar-refractivity contribution in [2.45, 2.75) is 19.3 Å². The summed E-state index contributed by atoms with van der Waals surface area (Å²) in [6.07, 6.45) is 4.08. The molecule has 6 nitrogen and oxygen atoms in total. The van der Waals surface area contributed by atoms with Crippen molar-refractivity contribution < 1.29 is 9.59 Å². The van der Waals surface area contributed by atoms with E-state index in [2.05, 4.69) is 27.1 Å². The highest BCUT2D eigenvalue weighted by Gasteiger charge is 2.19. The molecule has 2 aromatic carbocycles. The van der Waals surface area contributed by atoms with Gasteiger partial charge in [0.25, 0.3) is 5.91 Å². The Bertz CT molecular complexity index is 1110. The van der Waals surface area contributed by atoms with Gasteiger partial charge in [0.2, 0.25) is 5.91 Å². The van der Waals surface area contributed by atoms with Gasteiger partial charge in [-0.05, 0) is 49.2 Å². The molecule has 0 spiro atoms. The molecular formula is C23H20N4O2. The van der Waals surface area contributed by atoms with Crippen LogP contribution in [0.4, 0.5) is 5.69 Å². The highest BCUT2D eigenvalue weighted by molar-refractivity contribution is 5.94. The van der Waals surface area contributed by atoms with Crippen LogP contribution >= 0.6 is 0 Å². The first-order valence-corrected chi connectivity index (χ1v) is 9.60. The van der Waals surface area contributed by atoms with E-state index >= 15 is 0 Å². The molecule has 29 heavy (non-hydrogen) atoms. The molecule has 1 N–H and O–H groups in total. The van der Waals surface area contributed by atoms with Crippen LogP contribution in [0.1, 0.15) is 35.3 Å². The summed E-state index contributed by atoms with van der Waals surface area (Å²) in [6.45, 7) is 0.979. The third-order valence-electron chi connectivity index (χ3n) is 4.75. The Morgan fingerprint density at radius 1 is 1.07 bits per heavy atom. The van der Waals surface area contributed by atoms with E-state index in [1.165, 1.54) is 6.20 Å². The number of carbonyl (C=O) groups is 2. The lowest BCUT2D eigenvalue weighted by Gasteiger charge is -2.26. The summed E-state index contributed by atoms with van der Waals surface area (Å²) in [5, 5.41) is 2.73. The number of rotatable bonds is 3. The number of hydrogen-bond acceptors (Lipinski definition) is 4. The molecule has 0 unspecified atom stereocenters. The number of benzene rings is 2. The number of nitrogens with zero attached hydrogens (tertiary/aromatic N) is 3. The lowest BCUT2D eigenvalue weighted by Crippen LogP contribution is -2.35. The van der Waals surface area contributed by atoms with E-state index in [1.807, 2.05) is 53.4 Å². The number of anilines is 1. The van der Waals surface area contributed by atoms with Crippen LogP contribution in [0.2, 0.25) is 0 Å². The second-order valence-electron chi connectivity index (χ2n) is 6.78. The maximum absolute atomic E-state index is 12.2. The molecule has 1 aliphatic heterocycles. The normalized spacial score (nSPS) is 13.7. The predicted octanol–water partition coefficient (Wildman–Crippen LogP) is 2.93. The van der Waals surface area contributed by atoms with E-state index in [9.17, 15) is 9.59 Å². The van der Waals surface area contributed by atoms with E-state index in [-0.39, 0.29) is 24.1 Å². The molecule has 1 aliphatic rings. The van der Waals surface area contributed by atoms with Crippen LogP contribution in [0.15, 0.2) is 54.7 Å². The van der Waals surface area contributed by atoms with Crippen LogP contribution in [0.5, 0.6) is 0 Å². The molecule has 6 heteroatoms. The zero-order valence-corrected chi connectivity index (χ0v) is 15.9. The molecule has 1 fully saturated rings. The Hall–Kier alpha value is -3.72. The topological polar surface area (TPSA) is 75.2 Å². The molecule has 0 bridgehead atoms. The molecule has 0 aliphatic carbocycles. The average molecular weight is 384 g/mol. The molecule has 3 aromatic rings. The molecule has 2 heterocycles. The first-order valence-electron chi connectivity index (χ1n) is 9.60. The summed E-state index contributed by atoms with van der Waals surface area (Å²) in [5.74, 6) is 5.82. The van der Waals surface area contributed by atoms with Crippen LogP contribution in [0.3, 0.4) is 0 Å². The van der Waals surface area contributed by atoms with Crippen LogP contribution in [-0.2, 0) is 4.79 Å². The quantitative estimate of drug-likeness (QED) is 0.705. The van der Waals surface area contributed by atoms with Crippen molar-refractivity contribution in [1.82, 2.24) is 15.3 Å². The predicted molar refractivity (Wildman–Crippen MR) is 111 cm³/mol. The number of para-hydroxylation sites is 2. The standard InChI is InChI=1S/C23H20N4O2/c28-22-9-3-4-15-27(22)18-12-10-17(11-13-18)6-5-14-24-23(29)21-16-25-19-7-1-2-8-20(19)26-21/h1-2,7-8,10-13,16H,3-4,9,14-15H2,(H,24,29). The van der Waals surface area contributed by atoms with E-state index in [4.69, 9.17) is 0 Å². The third-order valence-corrected chi connectivity index (χ3v) is 4.75. The summed E-state index contributed by atoms with van der Waals surface area (Å²) in [6, 6.07) is 15.0. The van der Waals surface area contributed by atoms with Gasteiger partial charge in [0.1, 0.15) is 5.69 Å². The van der Waals surface area contributed by atoms with Crippen LogP contribution < -0.4 is 10.2 Å². The molecule has 1 aromatic heterocycles. The van der Waals surface area contributed by atoms with Gasteiger partial charge in [-0.1, -0.05) is 24.0 Å². The number of nitrogens with one attached hydrogen (secondary N) is 1. The minimum Gasteiger partial charge on any atom is -0.340 e. The lowest BCUT2D eigenvalue weighted by atomic mass is 10.1. The Kier molecular flexibility index (Phi) is 5.48. The number of piperidine rings is 1. The minimum absolute atomic E-state index is 0.176. The fourth-order valence-corrected chi connectivity index (χ4v) is 3.23. The zero-order valence-electron chi connectivity index (χ0n) is 15.9. The van der Waals surface area contributed by atoms with Gasteiger partial charge in [-0.25, -0.2) is 4.98 Å². The molecule has 4 rings (SSSR count). The molecule has 0 atom stereocenters. The van der Waals surface area contributed by atoms with E-state index in [0.717, 1.165) is 36.2 Å². The molecule has 144 valence electrons. The average Bonchev–Trinajstić information content (AvgIpc) is 2.77. The fourth-order valence-electron chi connectivity index (χ4n) is 3.23. The van der Waals surface area contributed by atoms with Gasteiger partial charge in [0.05, 0.1) is 23.8 Å². The maximum Gasteiger partial charge on any atom is 0.272 e. The first-order chi connectivity index (χ1) is 14.2. The Balaban J connectivity index is 1.34. The van der Waals surface area contributed by atoms with Crippen LogP contribution in [-0.4, -0.2) is 34.9 Å². The van der Waals surface area contributed by atoms with Gasteiger partial charge < -0.3 is 10.2 Å². The fraction of sp³-hybridized carbons (Fsp3) is 0.217. The summed E-state index contributed by atoms with van der Waals surface area (Å²) in [5.41, 5.74) is 3.43. The summed E-state index contributed by atoms with van der Waals surface area (Å²) >= 11 is 0. The van der Waals surface area contributed by atoms with Gasteiger partial charge in [-0.2, -0.15) is 0 Å². The van der Waals surface area contributed by atoms with Crippen molar-refractivity contribution in [1.29, 1.82) is 0 Å². The number of carbonyl (C=O) groups excluding carboxylic acids is 2. The Morgan fingerprint density at radius 2 is 1.86 bits per heavy atom. The van der Waals surface area contributed by atoms with Crippen molar-refractivity contribution in [2.24, 2.45) is 0 Å². The SMILES string of the molecule is O=C(NCC#Cc1ccc(N2CCCCC2=O)cc1)c1cnc2ccccc2n1. The molecule has 0 radical (unpaired) electrons. The monoisotopic (exact) mass is 384 g/mol. The first kappa shape index (κ1) is 18.6. The summed E-state index contributed by atoms with van der Waals surface area (Å²) < 4.78 is 0. The van der Waals surface area contributed by atoms with E-state index in [0.29, 0.717) is 11.9 Å². The molecule has 0 saturated carbocycles. The van der Waals surface area contributed by atoms with Crippen molar-refractivity contribution in [2.75, 3.05) is 18.0 Å². The molecule has 1 saturated heterocycles. The Labute approximate surface area is 169 Å². The minimum atomic E-state index is -0.309. The summed E-state index contributed by atoms with van der Waals surface area (Å²) in [7, 11) is 0. The van der Waals surface area contributed by atoms with Gasteiger partial charge in [0, 0.05) is 24.2 Å². The van der Waals surface area contributed by atoms with Crippen molar-refractivity contribution in [3.63, 3.8) is 0 Å². The van der Waals surface area contributed by atoms with E-state index in [1.54, 1.807) is 0 Å². The van der Waals surface area contributed by atoms with Crippen LogP contribution in [0, 0.1) is 11.8 Å². The van der Waals surface area contributed by atoms with Crippen molar-refractivity contribution in [3.05, 3.63) is 66.0 Å². The highest BCUT2D eigenvalue weighted by atomic mass is 16.2. The second-order valence-corrected chi connectivity index (χ2v) is 6.78. The zero-order chi connectivity index (χ0) is 20.1. The van der Waals surface area contributed by atoms with Gasteiger partial charge >= 0.3 is 0 Å². The molecular weight excluding hydrogens is 364 g/mol. The Morgan fingerprint density at radius 3 is 2.66 bits per heavy atom. The highest BCUT2D eigenvalue weighted by Crippen LogP contribution is 2.21. The van der Waals surface area contributed by atoms with Gasteiger partial charge in [-0.15, -0.1) is 0 Å². The number of hydrogen-bond donors (Lipinski definition) is 1. The largest absolute Gasteiger partial charge is 0.340 e. The van der Waals surface area contributed by atoms with Crippen molar-refractivity contribution in [3.8, 4) is 11.8 Å². The lowest BCUT2D eigenvalue weighted by molar-refractivity contribution is -0.119. The van der Waals surface area contributed by atoms with Crippen molar-refractivity contribution >= 4 is 28.5 Å². The van der Waals surface area contributed by atoms with Crippen LogP contribution in [0.25, 0.3) is 11.0 Å². The number of aromatic nitrogens is 2. The smallest absolute Gasteiger partial charge is 0.272 e. The van der Waals surface area contributed by atoms with Gasteiger partial charge in [0.15, 0.2) is 0 Å². The second kappa shape index (κ2) is 8.53. The van der Waals surface area contributed by atoms with E-state index < -0.39 is 0 Å². The van der Waals surface area contributed by atoms with Gasteiger partial charge in [-0.3, -0.25) is 14.6 Å². The maximum atomic E-state index is 12.2. The number of fused-ring (bicyclic) bond motifs is 1.